The Hall–Kier alpha value is -0.740. The minimum atomic E-state index is 0.588. The Morgan fingerprint density at radius 1 is 1.25 bits per heavy atom. The number of nitrogens with zero attached hydrogens (tertiary/aromatic N) is 1. The maximum absolute atomic E-state index is 5.43. The molecule has 0 radical (unpaired) electrons. The summed E-state index contributed by atoms with van der Waals surface area (Å²) < 4.78 is 3.18. The van der Waals surface area contributed by atoms with E-state index in [2.05, 4.69) is 33.8 Å². The summed E-state index contributed by atoms with van der Waals surface area (Å²) in [5, 5.41) is 0. The SMILES string of the molecule is S=c1[nH]c2ccccc2n1C1CCSCC1. The highest BCUT2D eigenvalue weighted by atomic mass is 32.2. The van der Waals surface area contributed by atoms with Crippen LogP contribution in [0.5, 0.6) is 0 Å². The summed E-state index contributed by atoms with van der Waals surface area (Å²) in [6, 6.07) is 8.97. The Bertz CT molecular complexity index is 549. The molecule has 0 spiro atoms. The van der Waals surface area contributed by atoms with Crippen LogP contribution >= 0.6 is 24.0 Å². The molecule has 84 valence electrons. The Kier molecular flexibility index (Phi) is 2.77. The number of rotatable bonds is 1. The van der Waals surface area contributed by atoms with E-state index >= 15 is 0 Å². The highest BCUT2D eigenvalue weighted by Crippen LogP contribution is 2.30. The molecule has 0 unspecified atom stereocenters. The number of para-hydroxylation sites is 2. The molecule has 0 atom stereocenters. The van der Waals surface area contributed by atoms with Crippen molar-refractivity contribution in [3.8, 4) is 0 Å². The smallest absolute Gasteiger partial charge is 0.178 e. The van der Waals surface area contributed by atoms with Crippen molar-refractivity contribution in [2.75, 3.05) is 11.5 Å². The molecule has 2 aromatic rings. The number of aromatic amines is 1. The second kappa shape index (κ2) is 4.26. The lowest BCUT2D eigenvalue weighted by molar-refractivity contribution is 0.476. The van der Waals surface area contributed by atoms with E-state index in [1.165, 1.54) is 29.9 Å². The molecule has 0 amide bonds. The largest absolute Gasteiger partial charge is 0.331 e. The quantitative estimate of drug-likeness (QED) is 0.778. The predicted octanol–water partition coefficient (Wildman–Crippen LogP) is 3.77. The zero-order valence-electron chi connectivity index (χ0n) is 8.98. The van der Waals surface area contributed by atoms with E-state index in [4.69, 9.17) is 12.2 Å². The van der Waals surface area contributed by atoms with Gasteiger partial charge in [0.15, 0.2) is 4.77 Å². The van der Waals surface area contributed by atoms with E-state index in [-0.39, 0.29) is 0 Å². The van der Waals surface area contributed by atoms with Crippen LogP contribution in [0.2, 0.25) is 0 Å². The van der Waals surface area contributed by atoms with Crippen molar-refractivity contribution in [1.82, 2.24) is 9.55 Å². The molecule has 1 saturated heterocycles. The van der Waals surface area contributed by atoms with Crippen molar-refractivity contribution >= 4 is 35.0 Å². The van der Waals surface area contributed by atoms with Crippen LogP contribution < -0.4 is 0 Å². The molecule has 1 aliphatic heterocycles. The number of thioether (sulfide) groups is 1. The lowest BCUT2D eigenvalue weighted by atomic mass is 10.1. The Morgan fingerprint density at radius 2 is 2.00 bits per heavy atom. The summed E-state index contributed by atoms with van der Waals surface area (Å²) in [6.07, 6.45) is 2.47. The summed E-state index contributed by atoms with van der Waals surface area (Å²) >= 11 is 7.48. The first-order valence-corrected chi connectivity index (χ1v) is 7.19. The van der Waals surface area contributed by atoms with Gasteiger partial charge in [-0.1, -0.05) is 12.1 Å². The van der Waals surface area contributed by atoms with E-state index in [0.717, 1.165) is 10.3 Å². The average Bonchev–Trinajstić information content (AvgIpc) is 2.66. The Balaban J connectivity index is 2.14. The van der Waals surface area contributed by atoms with Crippen LogP contribution in [-0.2, 0) is 0 Å². The molecule has 3 rings (SSSR count). The molecule has 0 bridgehead atoms. The molecular weight excluding hydrogens is 236 g/mol. The van der Waals surface area contributed by atoms with Gasteiger partial charge in [0.2, 0.25) is 0 Å². The topological polar surface area (TPSA) is 20.7 Å². The lowest BCUT2D eigenvalue weighted by Crippen LogP contribution is -2.15. The summed E-state index contributed by atoms with van der Waals surface area (Å²) in [7, 11) is 0. The highest BCUT2D eigenvalue weighted by molar-refractivity contribution is 7.99. The number of H-pyrrole nitrogens is 1. The van der Waals surface area contributed by atoms with Crippen molar-refractivity contribution in [3.63, 3.8) is 0 Å². The van der Waals surface area contributed by atoms with Crippen LogP contribution in [0.25, 0.3) is 11.0 Å². The molecule has 4 heteroatoms. The second-order valence-electron chi connectivity index (χ2n) is 4.16. The number of hydrogen-bond donors (Lipinski definition) is 1. The van der Waals surface area contributed by atoms with E-state index in [0.29, 0.717) is 6.04 Å². The number of benzene rings is 1. The number of hydrogen-bond acceptors (Lipinski definition) is 2. The van der Waals surface area contributed by atoms with Crippen molar-refractivity contribution in [2.24, 2.45) is 0 Å². The average molecular weight is 250 g/mol. The van der Waals surface area contributed by atoms with Crippen LogP contribution in [0.4, 0.5) is 0 Å². The van der Waals surface area contributed by atoms with Gasteiger partial charge in [-0.05, 0) is 48.7 Å². The van der Waals surface area contributed by atoms with Gasteiger partial charge in [-0.3, -0.25) is 0 Å². The van der Waals surface area contributed by atoms with Gasteiger partial charge in [0.25, 0.3) is 0 Å². The maximum Gasteiger partial charge on any atom is 0.178 e. The Morgan fingerprint density at radius 3 is 2.81 bits per heavy atom. The first kappa shape index (κ1) is 10.4. The highest BCUT2D eigenvalue weighted by Gasteiger charge is 2.18. The summed E-state index contributed by atoms with van der Waals surface area (Å²) in [4.78, 5) is 3.30. The number of imidazole rings is 1. The van der Waals surface area contributed by atoms with Crippen LogP contribution in [0.15, 0.2) is 24.3 Å². The first-order valence-electron chi connectivity index (χ1n) is 5.63. The van der Waals surface area contributed by atoms with Gasteiger partial charge in [-0.25, -0.2) is 0 Å². The fourth-order valence-electron chi connectivity index (χ4n) is 2.38. The molecule has 2 heterocycles. The molecule has 1 fully saturated rings. The normalized spacial score (nSPS) is 18.0. The van der Waals surface area contributed by atoms with Crippen molar-refractivity contribution in [2.45, 2.75) is 18.9 Å². The number of nitrogens with one attached hydrogen (secondary N) is 1. The van der Waals surface area contributed by atoms with Gasteiger partial charge in [0.1, 0.15) is 0 Å². The minimum absolute atomic E-state index is 0.588. The fraction of sp³-hybridized carbons (Fsp3) is 0.417. The summed E-state index contributed by atoms with van der Waals surface area (Å²) in [5.74, 6) is 2.51. The van der Waals surface area contributed by atoms with Gasteiger partial charge in [-0.2, -0.15) is 11.8 Å². The van der Waals surface area contributed by atoms with E-state index in [1.54, 1.807) is 0 Å². The van der Waals surface area contributed by atoms with Crippen molar-refractivity contribution in [1.29, 1.82) is 0 Å². The van der Waals surface area contributed by atoms with E-state index in [1.807, 2.05) is 11.8 Å². The lowest BCUT2D eigenvalue weighted by Gasteiger charge is -2.23. The molecular formula is C12H14N2S2. The van der Waals surface area contributed by atoms with Crippen LogP contribution in [-0.4, -0.2) is 21.1 Å². The van der Waals surface area contributed by atoms with Crippen LogP contribution in [0.3, 0.4) is 0 Å². The zero-order valence-corrected chi connectivity index (χ0v) is 10.6. The molecule has 0 saturated carbocycles. The van der Waals surface area contributed by atoms with E-state index in [9.17, 15) is 0 Å². The van der Waals surface area contributed by atoms with E-state index < -0.39 is 0 Å². The third-order valence-electron chi connectivity index (χ3n) is 3.18. The summed E-state index contributed by atoms with van der Waals surface area (Å²) in [6.45, 7) is 0. The maximum atomic E-state index is 5.43. The number of aromatic nitrogens is 2. The molecule has 16 heavy (non-hydrogen) atoms. The van der Waals surface area contributed by atoms with Crippen LogP contribution in [0.1, 0.15) is 18.9 Å². The molecule has 2 nitrogen and oxygen atoms in total. The second-order valence-corrected chi connectivity index (χ2v) is 5.77. The van der Waals surface area contributed by atoms with Gasteiger partial charge in [0.05, 0.1) is 11.0 Å². The zero-order chi connectivity index (χ0) is 11.0. The predicted molar refractivity (Wildman–Crippen MR) is 72.7 cm³/mol. The molecule has 1 aromatic carbocycles. The fourth-order valence-corrected chi connectivity index (χ4v) is 3.82. The first-order chi connectivity index (χ1) is 7.86. The molecule has 1 aromatic heterocycles. The van der Waals surface area contributed by atoms with Gasteiger partial charge >= 0.3 is 0 Å². The van der Waals surface area contributed by atoms with Gasteiger partial charge in [-0.15, -0.1) is 0 Å². The third-order valence-corrected chi connectivity index (χ3v) is 4.53. The third kappa shape index (κ3) is 1.70. The van der Waals surface area contributed by atoms with Crippen molar-refractivity contribution in [3.05, 3.63) is 29.0 Å². The van der Waals surface area contributed by atoms with Crippen molar-refractivity contribution < 1.29 is 0 Å². The van der Waals surface area contributed by atoms with Gasteiger partial charge in [0, 0.05) is 6.04 Å². The van der Waals surface area contributed by atoms with Crippen LogP contribution in [0, 0.1) is 4.77 Å². The van der Waals surface area contributed by atoms with Gasteiger partial charge < -0.3 is 9.55 Å². The minimum Gasteiger partial charge on any atom is -0.331 e. The summed E-state index contributed by atoms with van der Waals surface area (Å²) in [5.41, 5.74) is 2.41. The molecule has 1 aliphatic rings. The number of fused-ring (bicyclic) bond motifs is 1. The Labute approximate surface area is 104 Å². The molecule has 1 N–H and O–H groups in total. The standard InChI is InChI=1S/C12H14N2S2/c15-12-13-10-3-1-2-4-11(10)14(12)9-5-7-16-8-6-9/h1-4,9H,5-8H2,(H,13,15). The molecule has 0 aliphatic carbocycles. The monoisotopic (exact) mass is 250 g/mol.